The lowest BCUT2D eigenvalue weighted by Gasteiger charge is -2.19. The summed E-state index contributed by atoms with van der Waals surface area (Å²) in [4.78, 5) is 32.3. The van der Waals surface area contributed by atoms with Gasteiger partial charge < -0.3 is 5.32 Å². The molecule has 1 aliphatic heterocycles. The number of anilines is 1. The second-order valence-corrected chi connectivity index (χ2v) is 9.32. The van der Waals surface area contributed by atoms with Crippen LogP contribution >= 0.6 is 11.8 Å². The van der Waals surface area contributed by atoms with Gasteiger partial charge in [-0.1, -0.05) is 62.0 Å². The van der Waals surface area contributed by atoms with Gasteiger partial charge in [-0.15, -0.1) is 0 Å². The van der Waals surface area contributed by atoms with E-state index in [4.69, 9.17) is 4.99 Å². The van der Waals surface area contributed by atoms with Crippen molar-refractivity contribution in [3.63, 3.8) is 0 Å². The average molecular weight is 424 g/mol. The van der Waals surface area contributed by atoms with Crippen molar-refractivity contribution >= 4 is 40.1 Å². The monoisotopic (exact) mass is 423 g/mol. The smallest absolute Gasteiger partial charge is 0.242 e. The summed E-state index contributed by atoms with van der Waals surface area (Å²) in [5.74, 6) is 0.108. The zero-order valence-corrected chi connectivity index (χ0v) is 19.0. The molecule has 1 fully saturated rings. The first-order valence-electron chi connectivity index (χ1n) is 10.2. The molecule has 1 heterocycles. The zero-order chi connectivity index (χ0) is 21.8. The average Bonchev–Trinajstić information content (AvgIpc) is 2.95. The molecular weight excluding hydrogens is 394 g/mol. The summed E-state index contributed by atoms with van der Waals surface area (Å²) in [6, 6.07) is 13.8. The Morgan fingerprint density at radius 3 is 2.33 bits per heavy atom. The van der Waals surface area contributed by atoms with Crippen molar-refractivity contribution in [3.8, 4) is 0 Å². The predicted octanol–water partition coefficient (Wildman–Crippen LogP) is 5.23. The van der Waals surface area contributed by atoms with Crippen molar-refractivity contribution in [2.24, 2.45) is 10.9 Å². The first kappa shape index (κ1) is 22.1. The number of aliphatic imine (C=N–C) groups is 1. The van der Waals surface area contributed by atoms with Gasteiger partial charge in [-0.05, 0) is 49.4 Å². The van der Waals surface area contributed by atoms with Crippen molar-refractivity contribution in [2.45, 2.75) is 46.3 Å². The van der Waals surface area contributed by atoms with Gasteiger partial charge in [0.15, 0.2) is 5.17 Å². The van der Waals surface area contributed by atoms with E-state index in [-0.39, 0.29) is 18.2 Å². The van der Waals surface area contributed by atoms with Crippen LogP contribution in [-0.4, -0.2) is 33.7 Å². The van der Waals surface area contributed by atoms with E-state index in [0.29, 0.717) is 17.6 Å². The number of hydrogen-bond donors (Lipinski definition) is 1. The normalized spacial score (nSPS) is 17.8. The summed E-state index contributed by atoms with van der Waals surface area (Å²) in [6.45, 7) is 10.7. The molecule has 1 saturated heterocycles. The van der Waals surface area contributed by atoms with Crippen molar-refractivity contribution in [2.75, 3.05) is 11.9 Å². The first-order valence-corrected chi connectivity index (χ1v) is 11.1. The number of rotatable bonds is 6. The molecule has 0 aliphatic carbocycles. The Bertz CT molecular complexity index is 964. The minimum absolute atomic E-state index is 0.0438. The fraction of sp³-hybridized carbons (Fsp3) is 0.375. The first-order chi connectivity index (χ1) is 14.3. The van der Waals surface area contributed by atoms with E-state index in [1.807, 2.05) is 63.2 Å². The number of amides is 2. The lowest BCUT2D eigenvalue weighted by Crippen LogP contribution is -2.36. The quantitative estimate of drug-likeness (QED) is 0.692. The maximum atomic E-state index is 13.1. The van der Waals surface area contributed by atoms with Crippen LogP contribution in [0.5, 0.6) is 0 Å². The van der Waals surface area contributed by atoms with E-state index in [2.05, 4.69) is 19.2 Å². The van der Waals surface area contributed by atoms with Crippen LogP contribution in [0.15, 0.2) is 47.5 Å². The highest BCUT2D eigenvalue weighted by atomic mass is 32.2. The summed E-state index contributed by atoms with van der Waals surface area (Å²) in [7, 11) is 0. The Balaban J connectivity index is 1.79. The molecule has 2 aromatic rings. The molecule has 1 atom stereocenters. The van der Waals surface area contributed by atoms with E-state index < -0.39 is 5.25 Å². The van der Waals surface area contributed by atoms with Crippen LogP contribution in [0.2, 0.25) is 0 Å². The number of carbonyl (C=O) groups excluding carboxylic acids is 2. The van der Waals surface area contributed by atoms with Gasteiger partial charge >= 0.3 is 0 Å². The molecule has 0 aromatic heterocycles. The molecule has 2 amide bonds. The van der Waals surface area contributed by atoms with Gasteiger partial charge in [0, 0.05) is 18.7 Å². The lowest BCUT2D eigenvalue weighted by molar-refractivity contribution is -0.128. The Morgan fingerprint density at radius 1 is 1.07 bits per heavy atom. The van der Waals surface area contributed by atoms with Crippen LogP contribution < -0.4 is 5.32 Å². The number of thioether (sulfide) groups is 1. The molecule has 0 bridgehead atoms. The second-order valence-electron chi connectivity index (χ2n) is 8.15. The third-order valence-corrected chi connectivity index (χ3v) is 6.19. The van der Waals surface area contributed by atoms with E-state index >= 15 is 0 Å². The molecule has 6 heteroatoms. The Hall–Kier alpha value is -2.60. The van der Waals surface area contributed by atoms with Crippen LogP contribution in [0.1, 0.15) is 37.0 Å². The molecule has 1 aliphatic rings. The number of carbonyl (C=O) groups is 2. The molecule has 0 saturated carbocycles. The van der Waals surface area contributed by atoms with Gasteiger partial charge in [-0.25, -0.2) is 4.99 Å². The number of nitrogens with one attached hydrogen (secondary N) is 1. The molecule has 30 heavy (non-hydrogen) atoms. The van der Waals surface area contributed by atoms with Crippen molar-refractivity contribution < 1.29 is 9.59 Å². The maximum Gasteiger partial charge on any atom is 0.242 e. The van der Waals surface area contributed by atoms with E-state index in [0.717, 1.165) is 28.1 Å². The summed E-state index contributed by atoms with van der Waals surface area (Å²) in [5.41, 5.74) is 4.75. The fourth-order valence-corrected chi connectivity index (χ4v) is 4.58. The molecule has 5 nitrogen and oxygen atoms in total. The Kier molecular flexibility index (Phi) is 6.98. The molecule has 0 radical (unpaired) electrons. The highest BCUT2D eigenvalue weighted by Gasteiger charge is 2.39. The number of hydrogen-bond acceptors (Lipinski definition) is 4. The SMILES string of the molecule is Cc1ccccc1N=C1S[C@@H](CC(=O)Nc2c(C)cccc2C)C(=O)N1CC(C)C. The third-order valence-electron chi connectivity index (χ3n) is 5.02. The molecular formula is C24H29N3O2S. The van der Waals surface area contributed by atoms with Crippen molar-refractivity contribution in [3.05, 3.63) is 59.2 Å². The van der Waals surface area contributed by atoms with Crippen molar-refractivity contribution in [1.29, 1.82) is 0 Å². The number of amidine groups is 1. The molecule has 1 N–H and O–H groups in total. The highest BCUT2D eigenvalue weighted by Crippen LogP contribution is 2.33. The van der Waals surface area contributed by atoms with Crippen LogP contribution in [-0.2, 0) is 9.59 Å². The molecule has 0 spiro atoms. The number of para-hydroxylation sites is 2. The largest absolute Gasteiger partial charge is 0.326 e. The van der Waals surface area contributed by atoms with Crippen LogP contribution in [0, 0.1) is 26.7 Å². The summed E-state index contributed by atoms with van der Waals surface area (Å²) in [6.07, 6.45) is 0.124. The lowest BCUT2D eigenvalue weighted by atomic mass is 10.1. The van der Waals surface area contributed by atoms with E-state index in [9.17, 15) is 9.59 Å². The van der Waals surface area contributed by atoms with Gasteiger partial charge in [-0.3, -0.25) is 14.5 Å². The maximum absolute atomic E-state index is 13.1. The standard InChI is InChI=1S/C24H29N3O2S/c1-15(2)14-27-23(29)20(30-24(27)25-19-12-7-6-9-16(19)3)13-21(28)26-22-17(4)10-8-11-18(22)5/h6-12,15,20H,13-14H2,1-5H3,(H,26,28)/t20-/m0/s1. The molecule has 158 valence electrons. The van der Waals surface area contributed by atoms with Gasteiger partial charge in [0.1, 0.15) is 5.25 Å². The Labute approximate surface area is 183 Å². The summed E-state index contributed by atoms with van der Waals surface area (Å²) >= 11 is 1.39. The van der Waals surface area contributed by atoms with Gasteiger partial charge in [-0.2, -0.15) is 0 Å². The van der Waals surface area contributed by atoms with E-state index in [1.165, 1.54) is 11.8 Å². The highest BCUT2D eigenvalue weighted by molar-refractivity contribution is 8.15. The fourth-order valence-electron chi connectivity index (χ4n) is 3.42. The number of benzene rings is 2. The topological polar surface area (TPSA) is 61.8 Å². The van der Waals surface area contributed by atoms with Crippen LogP contribution in [0.25, 0.3) is 0 Å². The van der Waals surface area contributed by atoms with Gasteiger partial charge in [0.05, 0.1) is 5.69 Å². The summed E-state index contributed by atoms with van der Waals surface area (Å²) < 4.78 is 0. The third kappa shape index (κ3) is 5.11. The zero-order valence-electron chi connectivity index (χ0n) is 18.2. The second kappa shape index (κ2) is 9.47. The van der Waals surface area contributed by atoms with Crippen LogP contribution in [0.3, 0.4) is 0 Å². The minimum Gasteiger partial charge on any atom is -0.326 e. The van der Waals surface area contributed by atoms with E-state index in [1.54, 1.807) is 4.90 Å². The predicted molar refractivity (Wildman–Crippen MR) is 125 cm³/mol. The molecule has 2 aromatic carbocycles. The molecule has 3 rings (SSSR count). The molecule has 0 unspecified atom stereocenters. The van der Waals surface area contributed by atoms with Crippen molar-refractivity contribution in [1.82, 2.24) is 4.90 Å². The van der Waals surface area contributed by atoms with Gasteiger partial charge in [0.2, 0.25) is 11.8 Å². The minimum atomic E-state index is -0.462. The van der Waals surface area contributed by atoms with Gasteiger partial charge in [0.25, 0.3) is 0 Å². The number of nitrogens with zero attached hydrogens (tertiary/aromatic N) is 2. The Morgan fingerprint density at radius 2 is 1.70 bits per heavy atom. The number of aryl methyl sites for hydroxylation is 3. The van der Waals surface area contributed by atoms with Crippen LogP contribution in [0.4, 0.5) is 11.4 Å². The summed E-state index contributed by atoms with van der Waals surface area (Å²) in [5, 5.41) is 3.20.